The second-order valence-corrected chi connectivity index (χ2v) is 7.28. The molecule has 3 aromatic rings. The maximum atomic E-state index is 12.4. The first-order valence-electron chi connectivity index (χ1n) is 8.24. The number of nitrogens with one attached hydrogen (secondary N) is 1. The zero-order valence-corrected chi connectivity index (χ0v) is 15.1. The molecule has 0 radical (unpaired) electrons. The molecule has 5 heteroatoms. The number of benzene rings is 2. The monoisotopic (exact) mass is 351 g/mol. The highest BCUT2D eigenvalue weighted by Gasteiger charge is 2.17. The molecule has 0 bridgehead atoms. The van der Waals surface area contributed by atoms with Crippen molar-refractivity contribution in [2.45, 2.75) is 30.0 Å². The second kappa shape index (κ2) is 8.03. The summed E-state index contributed by atoms with van der Waals surface area (Å²) in [5.41, 5.74) is 2.13. The fourth-order valence-corrected chi connectivity index (χ4v) is 3.42. The number of thioether (sulfide) groups is 1. The van der Waals surface area contributed by atoms with Crippen molar-refractivity contribution >= 4 is 17.7 Å². The van der Waals surface area contributed by atoms with E-state index in [1.54, 1.807) is 24.3 Å². The van der Waals surface area contributed by atoms with Gasteiger partial charge in [-0.1, -0.05) is 30.3 Å². The zero-order valence-electron chi connectivity index (χ0n) is 14.3. The van der Waals surface area contributed by atoms with Gasteiger partial charge >= 0.3 is 0 Å². The number of carbonyl (C=O) groups is 1. The van der Waals surface area contributed by atoms with Gasteiger partial charge < -0.3 is 9.88 Å². The molecule has 2 atom stereocenters. The predicted octanol–water partition coefficient (Wildman–Crippen LogP) is 4.23. The van der Waals surface area contributed by atoms with Crippen LogP contribution in [0.5, 0.6) is 0 Å². The summed E-state index contributed by atoms with van der Waals surface area (Å²) in [4.78, 5) is 17.6. The van der Waals surface area contributed by atoms with Crippen molar-refractivity contribution < 1.29 is 4.79 Å². The maximum absolute atomic E-state index is 12.4. The van der Waals surface area contributed by atoms with Crippen molar-refractivity contribution in [1.82, 2.24) is 14.9 Å². The average Bonchev–Trinajstić information content (AvgIpc) is 3.17. The van der Waals surface area contributed by atoms with Crippen LogP contribution in [0.2, 0.25) is 0 Å². The summed E-state index contributed by atoms with van der Waals surface area (Å²) in [5.74, 6) is 0.0417. The van der Waals surface area contributed by atoms with E-state index in [0.717, 1.165) is 16.1 Å². The van der Waals surface area contributed by atoms with Crippen molar-refractivity contribution in [3.05, 3.63) is 78.9 Å². The Bertz CT molecular complexity index is 801. The van der Waals surface area contributed by atoms with Gasteiger partial charge in [-0.15, -0.1) is 11.8 Å². The quantitative estimate of drug-likeness (QED) is 0.676. The van der Waals surface area contributed by atoms with Crippen LogP contribution < -0.4 is 5.32 Å². The molecule has 0 spiro atoms. The second-order valence-electron chi connectivity index (χ2n) is 5.86. The molecule has 0 fully saturated rings. The Morgan fingerprint density at radius 2 is 1.80 bits per heavy atom. The Kier molecular flexibility index (Phi) is 5.56. The van der Waals surface area contributed by atoms with Gasteiger partial charge in [0.15, 0.2) is 0 Å². The summed E-state index contributed by atoms with van der Waals surface area (Å²) >= 11 is 1.57. The third-order valence-corrected chi connectivity index (χ3v) is 5.09. The van der Waals surface area contributed by atoms with Crippen LogP contribution in [0.15, 0.2) is 78.2 Å². The fraction of sp³-hybridized carbons (Fsp3) is 0.200. The third kappa shape index (κ3) is 4.51. The highest BCUT2D eigenvalue weighted by atomic mass is 32.2. The number of carbonyl (C=O) groups excluding carboxylic acids is 1. The van der Waals surface area contributed by atoms with Gasteiger partial charge in [-0.2, -0.15) is 0 Å². The van der Waals surface area contributed by atoms with Crippen LogP contribution in [-0.4, -0.2) is 20.7 Å². The standard InChI is InChI=1S/C20H21N3OS/c1-15(17-8-10-18(11-9-17)23-13-12-21-14-23)22-20(24)16(2)25-19-6-4-3-5-7-19/h3-16H,1-2H3,(H,22,24). The molecular formula is C20H21N3OS. The Balaban J connectivity index is 1.59. The minimum Gasteiger partial charge on any atom is -0.349 e. The van der Waals surface area contributed by atoms with Crippen LogP contribution >= 0.6 is 11.8 Å². The Hall–Kier alpha value is -2.53. The molecule has 128 valence electrons. The summed E-state index contributed by atoms with van der Waals surface area (Å²) in [6.45, 7) is 3.94. The predicted molar refractivity (Wildman–Crippen MR) is 102 cm³/mol. The largest absolute Gasteiger partial charge is 0.349 e. The summed E-state index contributed by atoms with van der Waals surface area (Å²) in [6.07, 6.45) is 5.42. The van der Waals surface area contributed by atoms with E-state index in [1.807, 2.05) is 79.2 Å². The molecule has 0 saturated carbocycles. The Morgan fingerprint density at radius 1 is 1.08 bits per heavy atom. The van der Waals surface area contributed by atoms with E-state index in [2.05, 4.69) is 10.3 Å². The van der Waals surface area contributed by atoms with Gasteiger partial charge in [-0.3, -0.25) is 4.79 Å². The van der Waals surface area contributed by atoms with Gasteiger partial charge in [-0.05, 0) is 43.7 Å². The molecule has 3 rings (SSSR count). The Labute approximate surface area is 152 Å². The smallest absolute Gasteiger partial charge is 0.233 e. The normalized spacial score (nSPS) is 13.2. The Morgan fingerprint density at radius 3 is 2.44 bits per heavy atom. The van der Waals surface area contributed by atoms with E-state index >= 15 is 0 Å². The van der Waals surface area contributed by atoms with Crippen molar-refractivity contribution in [2.75, 3.05) is 0 Å². The molecule has 1 heterocycles. The van der Waals surface area contributed by atoms with Gasteiger partial charge in [0.05, 0.1) is 17.6 Å². The van der Waals surface area contributed by atoms with Crippen LogP contribution in [0, 0.1) is 0 Å². The highest BCUT2D eigenvalue weighted by molar-refractivity contribution is 8.00. The molecule has 0 aliphatic rings. The molecule has 0 saturated heterocycles. The van der Waals surface area contributed by atoms with Gasteiger partial charge in [0.25, 0.3) is 0 Å². The van der Waals surface area contributed by atoms with Crippen LogP contribution in [-0.2, 0) is 4.79 Å². The summed E-state index contributed by atoms with van der Waals surface area (Å²) in [5, 5.41) is 2.95. The van der Waals surface area contributed by atoms with Crippen LogP contribution in [0.25, 0.3) is 5.69 Å². The minimum absolute atomic E-state index is 0.0387. The number of aromatic nitrogens is 2. The lowest BCUT2D eigenvalue weighted by Crippen LogP contribution is -2.33. The molecule has 0 aliphatic carbocycles. The molecule has 25 heavy (non-hydrogen) atoms. The number of amides is 1. The first-order valence-corrected chi connectivity index (χ1v) is 9.12. The topological polar surface area (TPSA) is 46.9 Å². The summed E-state index contributed by atoms with van der Waals surface area (Å²) in [7, 11) is 0. The molecule has 0 aliphatic heterocycles. The van der Waals surface area contributed by atoms with Gasteiger partial charge in [0.1, 0.15) is 0 Å². The lowest BCUT2D eigenvalue weighted by atomic mass is 10.1. The number of rotatable bonds is 6. The molecule has 1 amide bonds. The third-order valence-electron chi connectivity index (χ3n) is 3.98. The molecule has 4 nitrogen and oxygen atoms in total. The number of imidazole rings is 1. The van der Waals surface area contributed by atoms with Crippen LogP contribution in [0.3, 0.4) is 0 Å². The maximum Gasteiger partial charge on any atom is 0.233 e. The summed E-state index contributed by atoms with van der Waals surface area (Å²) < 4.78 is 1.95. The van der Waals surface area contributed by atoms with E-state index in [4.69, 9.17) is 0 Å². The van der Waals surface area contributed by atoms with Gasteiger partial charge in [0.2, 0.25) is 5.91 Å². The first kappa shape index (κ1) is 17.3. The SMILES string of the molecule is CC(Sc1ccccc1)C(=O)NC(C)c1ccc(-n2ccnc2)cc1. The van der Waals surface area contributed by atoms with E-state index in [-0.39, 0.29) is 17.2 Å². The van der Waals surface area contributed by atoms with Crippen LogP contribution in [0.1, 0.15) is 25.5 Å². The molecule has 2 unspecified atom stereocenters. The van der Waals surface area contributed by atoms with Gasteiger partial charge in [-0.25, -0.2) is 4.98 Å². The van der Waals surface area contributed by atoms with Crippen molar-refractivity contribution in [2.24, 2.45) is 0 Å². The lowest BCUT2D eigenvalue weighted by Gasteiger charge is -2.18. The van der Waals surface area contributed by atoms with E-state index in [0.29, 0.717) is 0 Å². The molecule has 2 aromatic carbocycles. The molecular weight excluding hydrogens is 330 g/mol. The van der Waals surface area contributed by atoms with Crippen molar-refractivity contribution in [3.63, 3.8) is 0 Å². The lowest BCUT2D eigenvalue weighted by molar-refractivity contribution is -0.120. The first-order chi connectivity index (χ1) is 12.1. The van der Waals surface area contributed by atoms with Gasteiger partial charge in [0, 0.05) is 23.0 Å². The number of hydrogen-bond acceptors (Lipinski definition) is 3. The van der Waals surface area contributed by atoms with E-state index < -0.39 is 0 Å². The highest BCUT2D eigenvalue weighted by Crippen LogP contribution is 2.23. The fourth-order valence-electron chi connectivity index (χ4n) is 2.52. The van der Waals surface area contributed by atoms with Crippen molar-refractivity contribution in [1.29, 1.82) is 0 Å². The minimum atomic E-state index is -0.143. The zero-order chi connectivity index (χ0) is 17.6. The molecule has 1 aromatic heterocycles. The average molecular weight is 351 g/mol. The number of nitrogens with zero attached hydrogens (tertiary/aromatic N) is 2. The van der Waals surface area contributed by atoms with Crippen LogP contribution in [0.4, 0.5) is 0 Å². The van der Waals surface area contributed by atoms with Crippen molar-refractivity contribution in [3.8, 4) is 5.69 Å². The van der Waals surface area contributed by atoms with E-state index in [9.17, 15) is 4.79 Å². The van der Waals surface area contributed by atoms with E-state index in [1.165, 1.54) is 0 Å². The summed E-state index contributed by atoms with van der Waals surface area (Å²) in [6, 6.07) is 18.1. The molecule has 1 N–H and O–H groups in total. The number of hydrogen-bond donors (Lipinski definition) is 1.